The summed E-state index contributed by atoms with van der Waals surface area (Å²) in [5, 5.41) is 10.6. The van der Waals surface area contributed by atoms with Crippen LogP contribution in [0, 0.1) is 13.8 Å². The normalized spacial score (nSPS) is 11.0. The number of pyridine rings is 1. The van der Waals surface area contributed by atoms with Gasteiger partial charge in [-0.2, -0.15) is 5.10 Å². The van der Waals surface area contributed by atoms with Crippen LogP contribution in [0.2, 0.25) is 0 Å². The van der Waals surface area contributed by atoms with Gasteiger partial charge in [0.25, 0.3) is 5.91 Å². The SMILES string of the molecule is Cc1cc(C(=O)Nc2nccs2)c2c(C)nn(-c3ccccc3)c2n1. The molecular weight excluding hydrogens is 334 g/mol. The largest absolute Gasteiger partial charge is 0.298 e. The van der Waals surface area contributed by atoms with Crippen LogP contribution in [0.5, 0.6) is 0 Å². The first kappa shape index (κ1) is 15.5. The van der Waals surface area contributed by atoms with Crippen molar-refractivity contribution in [1.82, 2.24) is 19.7 Å². The smallest absolute Gasteiger partial charge is 0.258 e. The summed E-state index contributed by atoms with van der Waals surface area (Å²) in [5.74, 6) is -0.207. The van der Waals surface area contributed by atoms with E-state index in [9.17, 15) is 4.79 Å². The van der Waals surface area contributed by atoms with E-state index in [0.29, 0.717) is 16.3 Å². The van der Waals surface area contributed by atoms with Gasteiger partial charge in [0.1, 0.15) is 0 Å². The number of fused-ring (bicyclic) bond motifs is 1. The van der Waals surface area contributed by atoms with E-state index in [1.54, 1.807) is 16.9 Å². The zero-order valence-electron chi connectivity index (χ0n) is 13.7. The number of hydrogen-bond acceptors (Lipinski definition) is 5. The molecule has 0 spiro atoms. The molecule has 4 aromatic rings. The average molecular weight is 349 g/mol. The lowest BCUT2D eigenvalue weighted by atomic mass is 10.1. The quantitative estimate of drug-likeness (QED) is 0.611. The van der Waals surface area contributed by atoms with E-state index < -0.39 is 0 Å². The maximum Gasteiger partial charge on any atom is 0.258 e. The molecule has 0 radical (unpaired) electrons. The van der Waals surface area contributed by atoms with Crippen molar-refractivity contribution in [2.45, 2.75) is 13.8 Å². The van der Waals surface area contributed by atoms with Crippen LogP contribution in [0.4, 0.5) is 5.13 Å². The first-order valence-electron chi connectivity index (χ1n) is 7.77. The zero-order valence-corrected chi connectivity index (χ0v) is 14.5. The molecule has 124 valence electrons. The van der Waals surface area contributed by atoms with Gasteiger partial charge in [-0.25, -0.2) is 14.6 Å². The number of aromatic nitrogens is 4. The maximum absolute atomic E-state index is 12.8. The van der Waals surface area contributed by atoms with Gasteiger partial charge in [-0.1, -0.05) is 18.2 Å². The van der Waals surface area contributed by atoms with Crippen molar-refractivity contribution in [3.05, 3.63) is 64.9 Å². The molecule has 7 heteroatoms. The van der Waals surface area contributed by atoms with Gasteiger partial charge in [-0.05, 0) is 32.0 Å². The Morgan fingerprint density at radius 2 is 2.00 bits per heavy atom. The summed E-state index contributed by atoms with van der Waals surface area (Å²) in [6, 6.07) is 11.6. The molecule has 0 unspecified atom stereocenters. The monoisotopic (exact) mass is 349 g/mol. The summed E-state index contributed by atoms with van der Waals surface area (Å²) in [5.41, 5.74) is 3.65. The van der Waals surface area contributed by atoms with Crippen LogP contribution in [-0.4, -0.2) is 25.7 Å². The van der Waals surface area contributed by atoms with Crippen molar-refractivity contribution in [3.8, 4) is 5.69 Å². The predicted molar refractivity (Wildman–Crippen MR) is 98.4 cm³/mol. The third-order valence-electron chi connectivity index (χ3n) is 3.84. The lowest BCUT2D eigenvalue weighted by molar-refractivity contribution is 0.102. The Kier molecular flexibility index (Phi) is 3.77. The van der Waals surface area contributed by atoms with E-state index in [1.807, 2.05) is 49.6 Å². The van der Waals surface area contributed by atoms with E-state index in [2.05, 4.69) is 20.4 Å². The van der Waals surface area contributed by atoms with Crippen molar-refractivity contribution in [2.24, 2.45) is 0 Å². The van der Waals surface area contributed by atoms with E-state index in [-0.39, 0.29) is 5.91 Å². The van der Waals surface area contributed by atoms with Crippen molar-refractivity contribution < 1.29 is 4.79 Å². The molecule has 3 heterocycles. The molecule has 25 heavy (non-hydrogen) atoms. The van der Waals surface area contributed by atoms with Crippen LogP contribution < -0.4 is 5.32 Å². The number of thiazole rings is 1. The van der Waals surface area contributed by atoms with Crippen LogP contribution in [0.25, 0.3) is 16.7 Å². The van der Waals surface area contributed by atoms with Gasteiger partial charge in [-0.3, -0.25) is 10.1 Å². The standard InChI is InChI=1S/C18H15N5OS/c1-11-10-14(17(24)21-18-19-8-9-25-18)15-12(2)22-23(16(15)20-11)13-6-4-3-5-7-13/h3-10H,1-2H3,(H,19,21,24). The van der Waals surface area contributed by atoms with Crippen molar-refractivity contribution in [3.63, 3.8) is 0 Å². The van der Waals surface area contributed by atoms with Crippen LogP contribution in [0.3, 0.4) is 0 Å². The summed E-state index contributed by atoms with van der Waals surface area (Å²) in [6.07, 6.45) is 1.66. The Morgan fingerprint density at radius 1 is 1.20 bits per heavy atom. The maximum atomic E-state index is 12.8. The molecule has 1 aromatic carbocycles. The molecule has 0 saturated heterocycles. The van der Waals surface area contributed by atoms with Gasteiger partial charge in [0.05, 0.1) is 22.3 Å². The van der Waals surface area contributed by atoms with E-state index in [1.165, 1.54) is 11.3 Å². The predicted octanol–water partition coefficient (Wildman–Crippen LogP) is 3.75. The first-order valence-corrected chi connectivity index (χ1v) is 8.64. The fourth-order valence-electron chi connectivity index (χ4n) is 2.79. The third kappa shape index (κ3) is 2.78. The number of hydrogen-bond donors (Lipinski definition) is 1. The van der Waals surface area contributed by atoms with Gasteiger partial charge in [0.15, 0.2) is 10.8 Å². The molecule has 4 rings (SSSR count). The lowest BCUT2D eigenvalue weighted by Gasteiger charge is -2.07. The summed E-state index contributed by atoms with van der Waals surface area (Å²) in [7, 11) is 0. The number of carbonyl (C=O) groups is 1. The Balaban J connectivity index is 1.88. The third-order valence-corrected chi connectivity index (χ3v) is 4.53. The fourth-order valence-corrected chi connectivity index (χ4v) is 3.32. The van der Waals surface area contributed by atoms with Crippen molar-refractivity contribution >= 4 is 33.4 Å². The number of aryl methyl sites for hydroxylation is 2. The van der Waals surface area contributed by atoms with E-state index in [4.69, 9.17) is 0 Å². The van der Waals surface area contributed by atoms with Gasteiger partial charge >= 0.3 is 0 Å². The minimum atomic E-state index is -0.207. The molecule has 0 aliphatic rings. The van der Waals surface area contributed by atoms with Crippen molar-refractivity contribution in [1.29, 1.82) is 0 Å². The number of para-hydroxylation sites is 1. The number of anilines is 1. The number of nitrogens with one attached hydrogen (secondary N) is 1. The Morgan fingerprint density at radius 3 is 2.72 bits per heavy atom. The molecule has 6 nitrogen and oxygen atoms in total. The molecule has 0 bridgehead atoms. The molecule has 0 atom stereocenters. The lowest BCUT2D eigenvalue weighted by Crippen LogP contribution is -2.13. The second-order valence-corrected chi connectivity index (χ2v) is 6.53. The second kappa shape index (κ2) is 6.10. The van der Waals surface area contributed by atoms with Gasteiger partial charge in [0.2, 0.25) is 0 Å². The number of nitrogens with zero attached hydrogens (tertiary/aromatic N) is 4. The molecule has 1 amide bonds. The Bertz CT molecular complexity index is 1050. The highest BCUT2D eigenvalue weighted by Crippen LogP contribution is 2.25. The highest BCUT2D eigenvalue weighted by molar-refractivity contribution is 7.13. The number of carbonyl (C=O) groups excluding carboxylic acids is 1. The topological polar surface area (TPSA) is 72.7 Å². The molecular formula is C18H15N5OS. The van der Waals surface area contributed by atoms with Crippen LogP contribution >= 0.6 is 11.3 Å². The molecule has 0 fully saturated rings. The molecule has 3 aromatic heterocycles. The van der Waals surface area contributed by atoms with Crippen molar-refractivity contribution in [2.75, 3.05) is 5.32 Å². The number of amides is 1. The summed E-state index contributed by atoms with van der Waals surface area (Å²) in [6.45, 7) is 3.76. The average Bonchev–Trinajstić information content (AvgIpc) is 3.23. The second-order valence-electron chi connectivity index (χ2n) is 5.63. The highest BCUT2D eigenvalue weighted by atomic mass is 32.1. The number of rotatable bonds is 3. The summed E-state index contributed by atoms with van der Waals surface area (Å²) in [4.78, 5) is 21.5. The first-order chi connectivity index (χ1) is 12.1. The number of benzene rings is 1. The van der Waals surface area contributed by atoms with Gasteiger partial charge in [0, 0.05) is 17.3 Å². The Hall–Kier alpha value is -3.06. The van der Waals surface area contributed by atoms with Gasteiger partial charge < -0.3 is 0 Å². The Labute approximate surface area is 148 Å². The molecule has 0 aliphatic carbocycles. The summed E-state index contributed by atoms with van der Waals surface area (Å²) >= 11 is 1.38. The minimum Gasteiger partial charge on any atom is -0.298 e. The minimum absolute atomic E-state index is 0.207. The van der Waals surface area contributed by atoms with E-state index in [0.717, 1.165) is 22.5 Å². The van der Waals surface area contributed by atoms with Crippen LogP contribution in [0.15, 0.2) is 48.0 Å². The summed E-state index contributed by atoms with van der Waals surface area (Å²) < 4.78 is 1.78. The van der Waals surface area contributed by atoms with E-state index >= 15 is 0 Å². The molecule has 0 aliphatic heterocycles. The van der Waals surface area contributed by atoms with Gasteiger partial charge in [-0.15, -0.1) is 11.3 Å². The highest BCUT2D eigenvalue weighted by Gasteiger charge is 2.20. The van der Waals surface area contributed by atoms with Crippen LogP contribution in [0.1, 0.15) is 21.7 Å². The zero-order chi connectivity index (χ0) is 17.4. The molecule has 1 N–H and O–H groups in total. The van der Waals surface area contributed by atoms with Crippen LogP contribution in [-0.2, 0) is 0 Å². The molecule has 0 saturated carbocycles. The fraction of sp³-hybridized carbons (Fsp3) is 0.111.